The predicted molar refractivity (Wildman–Crippen MR) is 379 cm³/mol. The zero-order valence-corrected chi connectivity index (χ0v) is 79.9. The molecule has 11 amide bonds. The van der Waals surface area contributed by atoms with Gasteiger partial charge in [-0.1, -0.05) is 70.9 Å². The van der Waals surface area contributed by atoms with Crippen LogP contribution < -0.4 is 233 Å². The van der Waals surface area contributed by atoms with Crippen molar-refractivity contribution in [2.45, 2.75) is 191 Å². The minimum Gasteiger partial charge on any atom is -0.747 e. The molecule has 0 unspecified atom stereocenters. The van der Waals surface area contributed by atoms with Crippen molar-refractivity contribution in [2.24, 2.45) is 11.8 Å². The van der Waals surface area contributed by atoms with Gasteiger partial charge in [-0.2, -0.15) is 0 Å². The quantitative estimate of drug-likeness (QED) is 0.0164. The van der Waals surface area contributed by atoms with Crippen LogP contribution in [0, 0.1) is 11.8 Å². The van der Waals surface area contributed by atoms with Gasteiger partial charge < -0.3 is 118 Å². The molecule has 1 fully saturated rings. The molecule has 0 saturated carbocycles. The number of aliphatic hydroxyl groups is 2. The van der Waals surface area contributed by atoms with Gasteiger partial charge in [0.25, 0.3) is 0 Å². The molecule has 0 radical (unpaired) electrons. The summed E-state index contributed by atoms with van der Waals surface area (Å²) in [7, 11) is -24.8. The van der Waals surface area contributed by atoms with E-state index in [1.165, 1.54) is 12.1 Å². The molecule has 54 heteroatoms. The van der Waals surface area contributed by atoms with Gasteiger partial charge in [-0.05, 0) is 115 Å². The second-order valence-corrected chi connectivity index (χ2v) is 33.5. The third-order valence-electron chi connectivity index (χ3n) is 15.8. The SMILES string of the molecule is CC(C)CCCCC(=O)N[C@@H](CCNCS(=O)(=O)[O-])C(=O)N[C@H](C(=O)N[C@@H](CCNCS(=O)(=O)[O-])C(=O)N[C@H]1CCNC(=O)[C@H]([C@@H](C)O)NC(=O)[C@H](CCNCS(=O)(=O)[O-])NC(=O)[C@H](CCNCS(=O)(=O)[O-])NC(=O)[C@H](CC(C)C)NC(=O)[C@@H](Cc2ccccc2)NC(=O)[C@H](CCNCS(=O)(=O)[O-])NC1=O)[C@@H](C)O.[Na+].[Na+].[Na+].[Na+].[Na+]. The van der Waals surface area contributed by atoms with Crippen LogP contribution in [0.1, 0.15) is 118 Å². The average Bonchev–Trinajstić information content (AvgIpc) is 0.929. The standard InChI is InChI=1S/C60H106N16O28S5.5Na/c1-35(2)12-10-11-15-48(79)67-40(16-22-61-30-105(90,91)92)55(84)76-50(38(6)78)60(89)72-43(19-25-64-33-108(99,100)101)52(81)70-45-21-27-66-59(88)49(37(5)77)75-56(85)44(20-26-65-34-109(102,103)104)69-51(80)41(17-23-62-31-106(93,94)95)71-57(86)46(28-36(3)4)73-58(87)47(29-39-13-8-7-9-14-39)74-54(83)42(68-53(45)82)18-24-63-32-107(96,97)98;;;;;/h7-9,13-14,35-38,40-47,49-50,61-65,77-78H,10-12,15-34H2,1-6H3,(H,66,88)(H,67,79)(H,68,82)(H,69,80)(H,70,81)(H,71,86)(H,72,89)(H,73,87)(H,74,83)(H,75,85)(H,76,84)(H,90,91,92)(H,93,94,95)(H,96,97,98)(H,99,100,101)(H,102,103,104);;;;;/q;5*+1/p-5/t37-,38-,40+,41+,42+,43+,44+,45+,46+,47-,49+,50+;;;;;/m1...../s1. The van der Waals surface area contributed by atoms with Gasteiger partial charge in [-0.15, -0.1) is 0 Å². The zero-order chi connectivity index (χ0) is 82.6. The van der Waals surface area contributed by atoms with E-state index in [9.17, 15) is 128 Å². The van der Waals surface area contributed by atoms with Crippen molar-refractivity contribution >= 4 is 116 Å². The van der Waals surface area contributed by atoms with E-state index in [0.717, 1.165) is 20.3 Å². The van der Waals surface area contributed by atoms with Crippen molar-refractivity contribution in [1.29, 1.82) is 0 Å². The van der Waals surface area contributed by atoms with Crippen molar-refractivity contribution in [3.8, 4) is 0 Å². The number of amides is 11. The van der Waals surface area contributed by atoms with Gasteiger partial charge in [-0.3, -0.25) is 52.7 Å². The largest absolute Gasteiger partial charge is 1.00 e. The fraction of sp³-hybridized carbons (Fsp3) is 0.717. The number of unbranched alkanes of at least 4 members (excludes halogenated alkanes) is 1. The fourth-order valence-electron chi connectivity index (χ4n) is 10.4. The molecule has 1 aliphatic heterocycles. The molecule has 0 aromatic heterocycles. The van der Waals surface area contributed by atoms with Gasteiger partial charge in [0.2, 0.25) is 65.0 Å². The Kier molecular flexibility index (Phi) is 61.5. The Morgan fingerprint density at radius 2 is 0.833 bits per heavy atom. The Labute approximate surface area is 775 Å². The van der Waals surface area contributed by atoms with Crippen molar-refractivity contribution in [3.63, 3.8) is 0 Å². The van der Waals surface area contributed by atoms with Gasteiger partial charge in [-0.25, -0.2) is 42.1 Å². The van der Waals surface area contributed by atoms with E-state index < -0.39 is 308 Å². The van der Waals surface area contributed by atoms with E-state index in [1.54, 1.807) is 32.0 Å². The smallest absolute Gasteiger partial charge is 0.747 e. The van der Waals surface area contributed by atoms with Crippen LogP contribution in [0.15, 0.2) is 30.3 Å². The molecule has 1 saturated heterocycles. The number of carbonyl (C=O) groups is 11. The molecular weight excluding hydrogens is 1670 g/mol. The third kappa shape index (κ3) is 54.1. The van der Waals surface area contributed by atoms with Crippen molar-refractivity contribution in [2.75, 3.05) is 68.7 Å². The number of benzene rings is 1. The first-order valence-electron chi connectivity index (χ1n) is 34.4. The molecule has 1 aromatic carbocycles. The maximum Gasteiger partial charge on any atom is 1.00 e. The van der Waals surface area contributed by atoms with E-state index in [4.69, 9.17) is 0 Å². The van der Waals surface area contributed by atoms with Crippen LogP contribution in [0.5, 0.6) is 0 Å². The van der Waals surface area contributed by atoms with Crippen LogP contribution in [-0.4, -0.2) is 281 Å². The van der Waals surface area contributed by atoms with Crippen molar-refractivity contribution in [1.82, 2.24) is 85.1 Å². The summed E-state index contributed by atoms with van der Waals surface area (Å²) < 4.78 is 173. The summed E-state index contributed by atoms with van der Waals surface area (Å²) in [5, 5.41) is 59.1. The van der Waals surface area contributed by atoms with Crippen molar-refractivity contribution in [3.05, 3.63) is 35.9 Å². The first-order chi connectivity index (χ1) is 50.5. The molecule has 624 valence electrons. The number of hydrogen-bond acceptors (Lipinski definition) is 33. The number of carbonyl (C=O) groups excluding carboxylic acids is 11. The summed E-state index contributed by atoms with van der Waals surface area (Å²) in [6, 6.07) is -11.4. The number of aliphatic hydroxyl groups excluding tert-OH is 2. The van der Waals surface area contributed by atoms with Crippen LogP contribution in [0.2, 0.25) is 0 Å². The van der Waals surface area contributed by atoms with Crippen LogP contribution in [0.25, 0.3) is 0 Å². The number of nitrogens with one attached hydrogen (secondary N) is 16. The Morgan fingerprint density at radius 1 is 0.447 bits per heavy atom. The second-order valence-electron chi connectivity index (χ2n) is 26.5. The van der Waals surface area contributed by atoms with E-state index in [2.05, 4.69) is 85.1 Å². The van der Waals surface area contributed by atoms with Gasteiger partial charge in [0.15, 0.2) is 0 Å². The normalized spacial score (nSPS) is 20.1. The molecule has 0 bridgehead atoms. The summed E-state index contributed by atoms with van der Waals surface area (Å²) >= 11 is 0. The molecule has 1 aliphatic rings. The summed E-state index contributed by atoms with van der Waals surface area (Å²) in [6.45, 7) is 5.47. The molecule has 2 rings (SSSR count). The van der Waals surface area contributed by atoms with E-state index >= 15 is 0 Å². The van der Waals surface area contributed by atoms with Gasteiger partial charge >= 0.3 is 148 Å². The summed E-state index contributed by atoms with van der Waals surface area (Å²) in [4.78, 5) is 158. The molecule has 1 heterocycles. The molecule has 0 spiro atoms. The summed E-state index contributed by atoms with van der Waals surface area (Å²) in [5.41, 5.74) is 0.343. The molecule has 0 aliphatic carbocycles. The molecule has 18 N–H and O–H groups in total. The van der Waals surface area contributed by atoms with Crippen LogP contribution in [0.3, 0.4) is 0 Å². The second kappa shape index (κ2) is 59.4. The first-order valence-corrected chi connectivity index (χ1v) is 42.3. The van der Waals surface area contributed by atoms with Crippen LogP contribution in [0.4, 0.5) is 0 Å². The minimum atomic E-state index is -5.04. The maximum atomic E-state index is 15.0. The fourth-order valence-corrected chi connectivity index (χ4v) is 12.3. The van der Waals surface area contributed by atoms with E-state index in [-0.39, 0.29) is 167 Å². The molecule has 1 aromatic rings. The Bertz CT molecular complexity index is 3800. The topological polar surface area (TPSA) is 707 Å². The summed E-state index contributed by atoms with van der Waals surface area (Å²) in [6.07, 6.45) is -6.83. The van der Waals surface area contributed by atoms with Gasteiger partial charge in [0.1, 0.15) is 111 Å². The average molecular weight is 1770 g/mol. The maximum absolute atomic E-state index is 15.0. The Balaban J connectivity index is -0.0000121. The van der Waals surface area contributed by atoms with Gasteiger partial charge in [0.05, 0.1) is 41.6 Å². The molecule has 12 atom stereocenters. The van der Waals surface area contributed by atoms with E-state index in [1.807, 2.05) is 13.8 Å². The molecule has 44 nitrogen and oxygen atoms in total. The number of rotatable bonds is 43. The Hall–Kier alpha value is -2.34. The van der Waals surface area contributed by atoms with Crippen molar-refractivity contribution < 1.29 is 276 Å². The summed E-state index contributed by atoms with van der Waals surface area (Å²) in [5.74, 6) is -19.8. The van der Waals surface area contributed by atoms with Crippen LogP contribution >= 0.6 is 0 Å². The monoisotopic (exact) mass is 1770 g/mol. The minimum absolute atomic E-state index is 0. The first kappa shape index (κ1) is 118. The third-order valence-corrected chi connectivity index (χ3v) is 18.6. The zero-order valence-electron chi connectivity index (χ0n) is 65.8. The Morgan fingerprint density at radius 3 is 1.25 bits per heavy atom. The van der Waals surface area contributed by atoms with Crippen LogP contribution in [-0.2, 0) is 110 Å². The van der Waals surface area contributed by atoms with E-state index in [0.29, 0.717) is 18.4 Å². The number of hydrogen-bond donors (Lipinski definition) is 18. The molecular formula is C60H101N16Na5O28S5. The predicted octanol–water partition coefficient (Wildman–Crippen LogP) is -24.9. The van der Waals surface area contributed by atoms with Gasteiger partial charge in [0, 0.05) is 19.4 Å². The molecule has 114 heavy (non-hydrogen) atoms.